The van der Waals surface area contributed by atoms with Crippen LogP contribution >= 0.6 is 23.1 Å². The van der Waals surface area contributed by atoms with Crippen LogP contribution in [-0.4, -0.2) is 35.9 Å². The zero-order valence-electron chi connectivity index (χ0n) is 18.0. The highest BCUT2D eigenvalue weighted by atomic mass is 32.2. The number of nitrogens with zero attached hydrogens (tertiary/aromatic N) is 6. The van der Waals surface area contributed by atoms with Crippen LogP contribution < -0.4 is 5.32 Å². The average Bonchev–Trinajstić information content (AvgIpc) is 3.50. The molecule has 5 rings (SSSR count). The number of carbonyl (C=O) groups is 1. The number of hydrogen-bond donors (Lipinski definition) is 1. The molecule has 5 aromatic rings. The topological polar surface area (TPSA) is 98.5 Å². The minimum Gasteiger partial charge on any atom is -0.346 e. The van der Waals surface area contributed by atoms with Crippen LogP contribution in [0.5, 0.6) is 0 Å². The first-order chi connectivity index (χ1) is 16.6. The molecule has 0 bridgehead atoms. The minimum atomic E-state index is -0.314. The van der Waals surface area contributed by atoms with E-state index in [9.17, 15) is 9.18 Å². The van der Waals surface area contributed by atoms with Gasteiger partial charge < -0.3 is 5.32 Å². The predicted molar refractivity (Wildman–Crippen MR) is 128 cm³/mol. The Morgan fingerprint density at radius 3 is 2.68 bits per heavy atom. The summed E-state index contributed by atoms with van der Waals surface area (Å²) in [6.07, 6.45) is 3.15. The molecule has 0 radical (unpaired) electrons. The molecule has 0 unspecified atom stereocenters. The number of fused-ring (bicyclic) bond motifs is 1. The van der Waals surface area contributed by atoms with Gasteiger partial charge in [-0.3, -0.25) is 4.79 Å². The van der Waals surface area contributed by atoms with Gasteiger partial charge in [-0.05, 0) is 36.8 Å². The fourth-order valence-corrected chi connectivity index (χ4v) is 4.91. The number of carbonyl (C=O) groups excluding carboxylic acids is 1. The van der Waals surface area contributed by atoms with E-state index < -0.39 is 0 Å². The molecule has 0 fully saturated rings. The Hall–Kier alpha value is -3.70. The van der Waals surface area contributed by atoms with Gasteiger partial charge in [-0.2, -0.15) is 5.10 Å². The van der Waals surface area contributed by atoms with Crippen LogP contribution in [0.25, 0.3) is 16.7 Å². The summed E-state index contributed by atoms with van der Waals surface area (Å²) in [7, 11) is 0. The predicted octanol–water partition coefficient (Wildman–Crippen LogP) is 4.34. The van der Waals surface area contributed by atoms with Gasteiger partial charge in [0.15, 0.2) is 5.65 Å². The van der Waals surface area contributed by atoms with Gasteiger partial charge in [0.25, 0.3) is 5.91 Å². The van der Waals surface area contributed by atoms with Crippen LogP contribution in [0.2, 0.25) is 0 Å². The van der Waals surface area contributed by atoms with Gasteiger partial charge in [0.1, 0.15) is 22.2 Å². The van der Waals surface area contributed by atoms with Gasteiger partial charge in [0, 0.05) is 6.54 Å². The molecule has 34 heavy (non-hydrogen) atoms. The Kier molecular flexibility index (Phi) is 6.28. The third-order valence-electron chi connectivity index (χ3n) is 4.97. The van der Waals surface area contributed by atoms with Gasteiger partial charge in [-0.1, -0.05) is 52.9 Å². The van der Waals surface area contributed by atoms with E-state index in [1.807, 2.05) is 31.2 Å². The third kappa shape index (κ3) is 4.80. The number of nitrogens with one attached hydrogen (secondary N) is 1. The van der Waals surface area contributed by atoms with E-state index in [1.54, 1.807) is 23.0 Å². The van der Waals surface area contributed by atoms with E-state index in [0.29, 0.717) is 33.6 Å². The standard InChI is InChI=1S/C23H18FN7OS2/c1-14-2-4-15(5-3-14)10-25-21(32)23-30-29-19(34-23)12-33-22-18-11-28-31(20(18)26-13-27-22)17-8-6-16(24)7-9-17/h2-9,11,13H,10,12H2,1H3,(H,25,32). The molecular formula is C23H18FN7OS2. The van der Waals surface area contributed by atoms with Crippen molar-refractivity contribution in [2.45, 2.75) is 24.2 Å². The summed E-state index contributed by atoms with van der Waals surface area (Å²) in [6.45, 7) is 2.45. The van der Waals surface area contributed by atoms with Gasteiger partial charge in [0.2, 0.25) is 5.01 Å². The molecule has 1 N–H and O–H groups in total. The molecule has 0 spiro atoms. The van der Waals surface area contributed by atoms with Crippen LogP contribution in [0.3, 0.4) is 0 Å². The van der Waals surface area contributed by atoms with Crippen molar-refractivity contribution in [2.24, 2.45) is 0 Å². The number of benzene rings is 2. The summed E-state index contributed by atoms with van der Waals surface area (Å²) in [4.78, 5) is 21.1. The van der Waals surface area contributed by atoms with Crippen molar-refractivity contribution in [1.29, 1.82) is 0 Å². The molecule has 2 aromatic carbocycles. The Morgan fingerprint density at radius 1 is 1.09 bits per heavy atom. The second kappa shape index (κ2) is 9.65. The lowest BCUT2D eigenvalue weighted by Gasteiger charge is -2.04. The number of aryl methyl sites for hydroxylation is 1. The van der Waals surface area contributed by atoms with E-state index in [0.717, 1.165) is 16.0 Å². The normalized spacial score (nSPS) is 11.1. The molecule has 3 aromatic heterocycles. The van der Waals surface area contributed by atoms with Crippen molar-refractivity contribution in [3.8, 4) is 5.69 Å². The van der Waals surface area contributed by atoms with E-state index >= 15 is 0 Å². The van der Waals surface area contributed by atoms with Crippen molar-refractivity contribution in [2.75, 3.05) is 0 Å². The molecule has 0 atom stereocenters. The van der Waals surface area contributed by atoms with Crippen molar-refractivity contribution >= 4 is 40.0 Å². The third-order valence-corrected chi connectivity index (χ3v) is 7.09. The number of aromatic nitrogens is 6. The Bertz CT molecular complexity index is 1450. The Morgan fingerprint density at radius 2 is 1.88 bits per heavy atom. The zero-order chi connectivity index (χ0) is 23.5. The van der Waals surface area contributed by atoms with Crippen LogP contribution in [0.1, 0.15) is 25.9 Å². The highest BCUT2D eigenvalue weighted by Gasteiger charge is 2.15. The van der Waals surface area contributed by atoms with Crippen molar-refractivity contribution in [3.05, 3.63) is 88.0 Å². The minimum absolute atomic E-state index is 0.251. The summed E-state index contributed by atoms with van der Waals surface area (Å²) in [5.74, 6) is -0.0674. The van der Waals surface area contributed by atoms with E-state index in [4.69, 9.17) is 0 Å². The quantitative estimate of drug-likeness (QED) is 0.267. The number of amides is 1. The largest absolute Gasteiger partial charge is 0.346 e. The fraction of sp³-hybridized carbons (Fsp3) is 0.130. The Balaban J connectivity index is 1.25. The highest BCUT2D eigenvalue weighted by molar-refractivity contribution is 7.98. The summed E-state index contributed by atoms with van der Waals surface area (Å²) in [6, 6.07) is 14.0. The van der Waals surface area contributed by atoms with Crippen LogP contribution in [0.4, 0.5) is 4.39 Å². The summed E-state index contributed by atoms with van der Waals surface area (Å²) in [5, 5.41) is 18.0. The second-order valence-corrected chi connectivity index (χ2v) is 9.43. The van der Waals surface area contributed by atoms with Crippen LogP contribution in [-0.2, 0) is 12.3 Å². The molecule has 170 valence electrons. The smallest absolute Gasteiger partial charge is 0.282 e. The maximum atomic E-state index is 13.3. The molecule has 0 saturated heterocycles. The maximum absolute atomic E-state index is 13.3. The molecule has 0 aliphatic heterocycles. The highest BCUT2D eigenvalue weighted by Crippen LogP contribution is 2.29. The summed E-state index contributed by atoms with van der Waals surface area (Å²) >= 11 is 2.71. The molecule has 0 aliphatic carbocycles. The fourth-order valence-electron chi connectivity index (χ4n) is 3.21. The molecule has 0 aliphatic rings. The van der Waals surface area contributed by atoms with Crippen LogP contribution in [0, 0.1) is 12.7 Å². The monoisotopic (exact) mass is 491 g/mol. The van der Waals surface area contributed by atoms with Crippen LogP contribution in [0.15, 0.2) is 66.1 Å². The molecule has 0 saturated carbocycles. The number of thioether (sulfide) groups is 1. The molecular weight excluding hydrogens is 473 g/mol. The first-order valence-electron chi connectivity index (χ1n) is 10.3. The summed E-state index contributed by atoms with van der Waals surface area (Å²) in [5.41, 5.74) is 3.52. The van der Waals surface area contributed by atoms with Crippen molar-refractivity contribution < 1.29 is 9.18 Å². The van der Waals surface area contributed by atoms with E-state index in [1.165, 1.54) is 47.1 Å². The Labute approximate surface area is 202 Å². The van der Waals surface area contributed by atoms with Gasteiger partial charge in [0.05, 0.1) is 23.0 Å². The van der Waals surface area contributed by atoms with E-state index in [2.05, 4.69) is 30.6 Å². The molecule has 8 nitrogen and oxygen atoms in total. The molecule has 11 heteroatoms. The van der Waals surface area contributed by atoms with Gasteiger partial charge >= 0.3 is 0 Å². The lowest BCUT2D eigenvalue weighted by atomic mass is 10.1. The first kappa shape index (κ1) is 22.1. The zero-order valence-corrected chi connectivity index (χ0v) is 19.6. The molecule has 3 heterocycles. The van der Waals surface area contributed by atoms with Gasteiger partial charge in [-0.25, -0.2) is 19.0 Å². The first-order valence-corrected chi connectivity index (χ1v) is 12.1. The maximum Gasteiger partial charge on any atom is 0.282 e. The SMILES string of the molecule is Cc1ccc(CNC(=O)c2nnc(CSc3ncnc4c3cnn4-c3ccc(F)cc3)s2)cc1. The van der Waals surface area contributed by atoms with Gasteiger partial charge in [-0.15, -0.1) is 10.2 Å². The lowest BCUT2D eigenvalue weighted by molar-refractivity contribution is 0.0950. The number of hydrogen-bond acceptors (Lipinski definition) is 8. The summed E-state index contributed by atoms with van der Waals surface area (Å²) < 4.78 is 14.9. The second-order valence-electron chi connectivity index (χ2n) is 7.41. The molecule has 1 amide bonds. The van der Waals surface area contributed by atoms with E-state index in [-0.39, 0.29) is 11.7 Å². The van der Waals surface area contributed by atoms with Crippen molar-refractivity contribution in [3.63, 3.8) is 0 Å². The number of rotatable bonds is 7. The average molecular weight is 492 g/mol. The number of halogens is 1. The lowest BCUT2D eigenvalue weighted by Crippen LogP contribution is -2.22. The van der Waals surface area contributed by atoms with Crippen molar-refractivity contribution in [1.82, 2.24) is 35.3 Å².